The van der Waals surface area contributed by atoms with Gasteiger partial charge in [-0.25, -0.2) is 0 Å². The molecule has 0 saturated heterocycles. The van der Waals surface area contributed by atoms with Crippen LogP contribution in [0.4, 0.5) is 5.69 Å². The molecule has 16 heavy (non-hydrogen) atoms. The topological polar surface area (TPSA) is 58.6 Å². The number of carbonyl (C=O) groups excluding carboxylic acids is 1. The Morgan fingerprint density at radius 3 is 2.88 bits per heavy atom. The van der Waals surface area contributed by atoms with Gasteiger partial charge < -0.3 is 15.2 Å². The zero-order valence-electron chi connectivity index (χ0n) is 9.19. The van der Waals surface area contributed by atoms with Crippen molar-refractivity contribution in [3.05, 3.63) is 24.3 Å². The van der Waals surface area contributed by atoms with E-state index in [4.69, 9.17) is 9.84 Å². The van der Waals surface area contributed by atoms with Gasteiger partial charge in [0.2, 0.25) is 5.91 Å². The normalized spacial score (nSPS) is 16.6. The van der Waals surface area contributed by atoms with E-state index in [1.165, 1.54) is 0 Å². The summed E-state index contributed by atoms with van der Waals surface area (Å²) in [6.07, 6.45) is 1.53. The maximum absolute atomic E-state index is 11.8. The van der Waals surface area contributed by atoms with Gasteiger partial charge in [-0.05, 0) is 25.0 Å². The summed E-state index contributed by atoms with van der Waals surface area (Å²) in [5.41, 5.74) is 0.160. The first kappa shape index (κ1) is 11.0. The number of carbonyl (C=O) groups is 1. The summed E-state index contributed by atoms with van der Waals surface area (Å²) in [7, 11) is 1.58. The third-order valence-corrected chi connectivity index (χ3v) is 2.97. The SMILES string of the molecule is COc1cccc(NC(=O)C2(CO)CC2)c1. The van der Waals surface area contributed by atoms with Crippen LogP contribution in [0.25, 0.3) is 0 Å². The van der Waals surface area contributed by atoms with Crippen LogP contribution in [0.15, 0.2) is 24.3 Å². The van der Waals surface area contributed by atoms with Crippen molar-refractivity contribution in [2.75, 3.05) is 19.0 Å². The first-order chi connectivity index (χ1) is 7.70. The summed E-state index contributed by atoms with van der Waals surface area (Å²) in [5.74, 6) is 0.592. The van der Waals surface area contributed by atoms with Gasteiger partial charge in [-0.15, -0.1) is 0 Å². The maximum atomic E-state index is 11.8. The number of hydrogen-bond donors (Lipinski definition) is 2. The van der Waals surface area contributed by atoms with Crippen molar-refractivity contribution >= 4 is 11.6 Å². The zero-order valence-corrected chi connectivity index (χ0v) is 9.19. The molecular weight excluding hydrogens is 206 g/mol. The Morgan fingerprint density at radius 1 is 1.56 bits per heavy atom. The van der Waals surface area contributed by atoms with E-state index in [9.17, 15) is 4.79 Å². The lowest BCUT2D eigenvalue weighted by Crippen LogP contribution is -2.27. The van der Waals surface area contributed by atoms with Gasteiger partial charge in [-0.1, -0.05) is 6.07 Å². The molecule has 1 aromatic carbocycles. The monoisotopic (exact) mass is 221 g/mol. The molecule has 0 spiro atoms. The minimum atomic E-state index is -0.539. The molecule has 4 heteroatoms. The molecule has 86 valence electrons. The molecular formula is C12H15NO3. The van der Waals surface area contributed by atoms with Crippen LogP contribution in [0.5, 0.6) is 5.75 Å². The van der Waals surface area contributed by atoms with Crippen molar-refractivity contribution in [1.82, 2.24) is 0 Å². The molecule has 0 radical (unpaired) electrons. The lowest BCUT2D eigenvalue weighted by Gasteiger charge is -2.12. The maximum Gasteiger partial charge on any atom is 0.232 e. The predicted molar refractivity (Wildman–Crippen MR) is 60.4 cm³/mol. The van der Waals surface area contributed by atoms with Crippen LogP contribution >= 0.6 is 0 Å². The number of benzene rings is 1. The Labute approximate surface area is 94.2 Å². The number of ether oxygens (including phenoxy) is 1. The van der Waals surface area contributed by atoms with E-state index >= 15 is 0 Å². The minimum absolute atomic E-state index is 0.0806. The molecule has 0 atom stereocenters. The predicted octanol–water partition coefficient (Wildman–Crippen LogP) is 1.41. The van der Waals surface area contributed by atoms with Gasteiger partial charge in [0.25, 0.3) is 0 Å². The zero-order chi connectivity index (χ0) is 11.6. The molecule has 1 aliphatic carbocycles. The van der Waals surface area contributed by atoms with Gasteiger partial charge in [-0.3, -0.25) is 4.79 Å². The van der Waals surface area contributed by atoms with Crippen molar-refractivity contribution in [2.45, 2.75) is 12.8 Å². The highest BCUT2D eigenvalue weighted by Gasteiger charge is 2.49. The van der Waals surface area contributed by atoms with Crippen molar-refractivity contribution < 1.29 is 14.6 Å². The highest BCUT2D eigenvalue weighted by molar-refractivity contribution is 5.97. The van der Waals surface area contributed by atoms with Crippen LogP contribution in [0.3, 0.4) is 0 Å². The summed E-state index contributed by atoms with van der Waals surface area (Å²) in [4.78, 5) is 11.8. The fourth-order valence-corrected chi connectivity index (χ4v) is 1.57. The Bertz CT molecular complexity index is 399. The Kier molecular flexibility index (Phi) is 2.83. The van der Waals surface area contributed by atoms with Crippen LogP contribution < -0.4 is 10.1 Å². The highest BCUT2D eigenvalue weighted by Crippen LogP contribution is 2.45. The number of rotatable bonds is 4. The Morgan fingerprint density at radius 2 is 2.31 bits per heavy atom. The summed E-state index contributed by atoms with van der Waals surface area (Å²) in [6.45, 7) is -0.0806. The van der Waals surface area contributed by atoms with E-state index in [-0.39, 0.29) is 12.5 Å². The smallest absolute Gasteiger partial charge is 0.232 e. The molecule has 1 aliphatic rings. The first-order valence-electron chi connectivity index (χ1n) is 5.26. The second-order valence-corrected chi connectivity index (χ2v) is 4.12. The summed E-state index contributed by atoms with van der Waals surface area (Å²) < 4.78 is 5.06. The quantitative estimate of drug-likeness (QED) is 0.808. The summed E-state index contributed by atoms with van der Waals surface area (Å²) >= 11 is 0. The van der Waals surface area contributed by atoms with Crippen LogP contribution in [0.2, 0.25) is 0 Å². The van der Waals surface area contributed by atoms with Gasteiger partial charge in [-0.2, -0.15) is 0 Å². The molecule has 0 unspecified atom stereocenters. The van der Waals surface area contributed by atoms with Crippen molar-refractivity contribution in [3.8, 4) is 5.75 Å². The van der Waals surface area contributed by atoms with Gasteiger partial charge in [0.15, 0.2) is 0 Å². The lowest BCUT2D eigenvalue weighted by molar-refractivity contribution is -0.122. The Hall–Kier alpha value is -1.55. The van der Waals surface area contributed by atoms with E-state index < -0.39 is 5.41 Å². The Balaban J connectivity index is 2.06. The molecule has 0 heterocycles. The molecule has 2 rings (SSSR count). The second-order valence-electron chi connectivity index (χ2n) is 4.12. The molecule has 1 amide bonds. The fraction of sp³-hybridized carbons (Fsp3) is 0.417. The molecule has 0 aliphatic heterocycles. The fourth-order valence-electron chi connectivity index (χ4n) is 1.57. The molecule has 4 nitrogen and oxygen atoms in total. The van der Waals surface area contributed by atoms with E-state index in [1.54, 1.807) is 19.2 Å². The number of aliphatic hydroxyl groups is 1. The van der Waals surface area contributed by atoms with Crippen LogP contribution in [0, 0.1) is 5.41 Å². The minimum Gasteiger partial charge on any atom is -0.497 e. The van der Waals surface area contributed by atoms with E-state index in [0.29, 0.717) is 11.4 Å². The average molecular weight is 221 g/mol. The van der Waals surface area contributed by atoms with Crippen LogP contribution in [0.1, 0.15) is 12.8 Å². The van der Waals surface area contributed by atoms with Gasteiger partial charge >= 0.3 is 0 Å². The largest absolute Gasteiger partial charge is 0.497 e. The third kappa shape index (κ3) is 2.02. The summed E-state index contributed by atoms with van der Waals surface area (Å²) in [5, 5.41) is 11.9. The van der Waals surface area contributed by atoms with Crippen LogP contribution in [-0.4, -0.2) is 24.7 Å². The number of methoxy groups -OCH3 is 1. The lowest BCUT2D eigenvalue weighted by atomic mass is 10.1. The van der Waals surface area contributed by atoms with E-state index in [1.807, 2.05) is 12.1 Å². The molecule has 1 aromatic rings. The number of anilines is 1. The number of aliphatic hydroxyl groups excluding tert-OH is 1. The van der Waals surface area contributed by atoms with Crippen molar-refractivity contribution in [3.63, 3.8) is 0 Å². The van der Waals surface area contributed by atoms with Gasteiger partial charge in [0.1, 0.15) is 5.75 Å². The van der Waals surface area contributed by atoms with Crippen LogP contribution in [-0.2, 0) is 4.79 Å². The number of nitrogens with one attached hydrogen (secondary N) is 1. The van der Waals surface area contributed by atoms with Gasteiger partial charge in [0.05, 0.1) is 19.1 Å². The third-order valence-electron chi connectivity index (χ3n) is 2.97. The molecule has 1 fully saturated rings. The van der Waals surface area contributed by atoms with E-state index in [0.717, 1.165) is 12.8 Å². The van der Waals surface area contributed by atoms with Crippen molar-refractivity contribution in [2.24, 2.45) is 5.41 Å². The number of amides is 1. The number of hydrogen-bond acceptors (Lipinski definition) is 3. The average Bonchev–Trinajstić information content (AvgIpc) is 3.10. The molecule has 0 bridgehead atoms. The summed E-state index contributed by atoms with van der Waals surface area (Å²) in [6, 6.07) is 7.18. The highest BCUT2D eigenvalue weighted by atomic mass is 16.5. The standard InChI is InChI=1S/C12H15NO3/c1-16-10-4-2-3-9(7-10)13-11(15)12(8-14)5-6-12/h2-4,7,14H,5-6,8H2,1H3,(H,13,15). The first-order valence-corrected chi connectivity index (χ1v) is 5.26. The van der Waals surface area contributed by atoms with E-state index in [2.05, 4.69) is 5.32 Å². The molecule has 1 saturated carbocycles. The van der Waals surface area contributed by atoms with Gasteiger partial charge in [0, 0.05) is 11.8 Å². The molecule has 2 N–H and O–H groups in total. The molecule has 0 aromatic heterocycles. The second kappa shape index (κ2) is 4.14. The van der Waals surface area contributed by atoms with Crippen molar-refractivity contribution in [1.29, 1.82) is 0 Å².